The van der Waals surface area contributed by atoms with E-state index in [9.17, 15) is 4.79 Å². The predicted molar refractivity (Wildman–Crippen MR) is 81.9 cm³/mol. The molecule has 0 radical (unpaired) electrons. The monoisotopic (exact) mass is 285 g/mol. The minimum Gasteiger partial charge on any atom is -0.299 e. The van der Waals surface area contributed by atoms with Crippen molar-refractivity contribution in [1.29, 1.82) is 0 Å². The van der Waals surface area contributed by atoms with Gasteiger partial charge in [-0.3, -0.25) is 4.79 Å². The fourth-order valence-corrected chi connectivity index (χ4v) is 5.15. The summed E-state index contributed by atoms with van der Waals surface area (Å²) in [6.07, 6.45) is 6.79. The molecule has 104 valence electrons. The molecule has 0 aliphatic heterocycles. The number of carbonyl (C=O) groups is 1. The van der Waals surface area contributed by atoms with Crippen LogP contribution in [0.3, 0.4) is 0 Å². The van der Waals surface area contributed by atoms with E-state index < -0.39 is 0 Å². The second-order valence-corrected chi connectivity index (χ2v) is 7.55. The van der Waals surface area contributed by atoms with Crippen LogP contribution in [0.1, 0.15) is 37.1 Å². The number of fused-ring (bicyclic) bond motifs is 3. The van der Waals surface area contributed by atoms with Crippen molar-refractivity contribution < 1.29 is 4.79 Å². The highest BCUT2D eigenvalue weighted by molar-refractivity contribution is 7.18. The van der Waals surface area contributed by atoms with Gasteiger partial charge in [-0.1, -0.05) is 18.6 Å². The average Bonchev–Trinajstić information content (AvgIpc) is 3.11. The van der Waals surface area contributed by atoms with E-state index >= 15 is 0 Å². The number of carbonyl (C=O) groups excluding carboxylic acids is 1. The number of benzene rings is 1. The Hall–Kier alpha value is -1.22. The molecule has 0 N–H and O–H groups in total. The number of hydrogen-bond acceptors (Lipinski definition) is 3. The number of rotatable bonds is 4. The van der Waals surface area contributed by atoms with Crippen LogP contribution in [0.25, 0.3) is 10.2 Å². The zero-order valence-corrected chi connectivity index (χ0v) is 12.4. The molecule has 0 saturated heterocycles. The van der Waals surface area contributed by atoms with Crippen LogP contribution in [0.15, 0.2) is 24.3 Å². The molecule has 4 rings (SSSR count). The summed E-state index contributed by atoms with van der Waals surface area (Å²) in [6, 6.07) is 8.14. The van der Waals surface area contributed by atoms with Crippen molar-refractivity contribution in [2.45, 2.75) is 38.5 Å². The first-order valence-electron chi connectivity index (χ1n) is 7.64. The molecule has 3 heteroatoms. The second-order valence-electron chi connectivity index (χ2n) is 6.43. The fraction of sp³-hybridized carbons (Fsp3) is 0.529. The van der Waals surface area contributed by atoms with E-state index in [1.54, 1.807) is 11.3 Å². The first kappa shape index (κ1) is 12.5. The van der Waals surface area contributed by atoms with Gasteiger partial charge in [-0.25, -0.2) is 4.98 Å². The smallest absolute Gasteiger partial charge is 0.139 e. The summed E-state index contributed by atoms with van der Waals surface area (Å²) >= 11 is 1.67. The molecule has 1 aromatic heterocycles. The van der Waals surface area contributed by atoms with E-state index in [1.165, 1.54) is 30.4 Å². The minimum atomic E-state index is 0.390. The van der Waals surface area contributed by atoms with E-state index in [2.05, 4.69) is 11.1 Å². The van der Waals surface area contributed by atoms with Crippen molar-refractivity contribution in [3.8, 4) is 0 Å². The Morgan fingerprint density at radius 2 is 2.15 bits per heavy atom. The van der Waals surface area contributed by atoms with Crippen molar-refractivity contribution >= 4 is 27.3 Å². The molecule has 2 bridgehead atoms. The minimum absolute atomic E-state index is 0.390. The second kappa shape index (κ2) is 4.96. The highest BCUT2D eigenvalue weighted by atomic mass is 32.1. The van der Waals surface area contributed by atoms with Crippen LogP contribution < -0.4 is 0 Å². The molecular formula is C17H19NOS. The largest absolute Gasteiger partial charge is 0.299 e. The van der Waals surface area contributed by atoms with Crippen LogP contribution in [0.2, 0.25) is 0 Å². The molecule has 1 aromatic carbocycles. The van der Waals surface area contributed by atoms with Crippen LogP contribution in [0, 0.1) is 17.8 Å². The lowest BCUT2D eigenvalue weighted by atomic mass is 9.85. The number of thiazole rings is 1. The van der Waals surface area contributed by atoms with Gasteiger partial charge in [0.25, 0.3) is 0 Å². The number of para-hydroxylation sites is 1. The Labute approximate surface area is 123 Å². The molecule has 3 unspecified atom stereocenters. The van der Waals surface area contributed by atoms with Crippen molar-refractivity contribution in [2.24, 2.45) is 17.8 Å². The van der Waals surface area contributed by atoms with E-state index in [4.69, 9.17) is 0 Å². The van der Waals surface area contributed by atoms with Gasteiger partial charge in [0.15, 0.2) is 0 Å². The van der Waals surface area contributed by atoms with Crippen LogP contribution in [0.4, 0.5) is 0 Å². The van der Waals surface area contributed by atoms with E-state index in [-0.39, 0.29) is 0 Å². The van der Waals surface area contributed by atoms with Gasteiger partial charge in [-0.15, -0.1) is 11.3 Å². The number of ketones is 1. The molecule has 2 aliphatic carbocycles. The lowest BCUT2D eigenvalue weighted by Gasteiger charge is -2.20. The quantitative estimate of drug-likeness (QED) is 0.841. The topological polar surface area (TPSA) is 30.0 Å². The SMILES string of the molecule is O=C(Cc1nc2ccccc2s1)CC1CC2CCC1C2. The van der Waals surface area contributed by atoms with Crippen molar-refractivity contribution in [3.63, 3.8) is 0 Å². The molecule has 3 atom stereocenters. The number of Topliss-reactive ketones (excluding diaryl/α,β-unsaturated/α-hetero) is 1. The standard InChI is InChI=1S/C17H19NOS/c19-14(9-13-8-11-5-6-12(13)7-11)10-17-18-15-3-1-2-4-16(15)20-17/h1-4,11-13H,5-10H2. The molecular weight excluding hydrogens is 266 g/mol. The molecule has 0 amide bonds. The Bertz CT molecular complexity index is 614. The van der Waals surface area contributed by atoms with Gasteiger partial charge in [0.1, 0.15) is 10.8 Å². The van der Waals surface area contributed by atoms with Crippen LogP contribution in [0.5, 0.6) is 0 Å². The molecule has 20 heavy (non-hydrogen) atoms. The first-order valence-corrected chi connectivity index (χ1v) is 8.46. The highest BCUT2D eigenvalue weighted by Crippen LogP contribution is 2.49. The molecule has 2 aromatic rings. The molecule has 2 fully saturated rings. The van der Waals surface area contributed by atoms with Gasteiger partial charge in [-0.2, -0.15) is 0 Å². The Balaban J connectivity index is 1.42. The van der Waals surface area contributed by atoms with E-state index in [0.717, 1.165) is 28.8 Å². The number of aromatic nitrogens is 1. The summed E-state index contributed by atoms with van der Waals surface area (Å²) < 4.78 is 1.19. The lowest BCUT2D eigenvalue weighted by molar-refractivity contribution is -0.119. The van der Waals surface area contributed by atoms with E-state index in [0.29, 0.717) is 18.1 Å². The molecule has 2 aliphatic rings. The third-order valence-corrected chi connectivity index (χ3v) is 6.10. The zero-order chi connectivity index (χ0) is 13.5. The zero-order valence-electron chi connectivity index (χ0n) is 11.5. The van der Waals surface area contributed by atoms with Crippen molar-refractivity contribution in [1.82, 2.24) is 4.98 Å². The van der Waals surface area contributed by atoms with Gasteiger partial charge < -0.3 is 0 Å². The van der Waals surface area contributed by atoms with Gasteiger partial charge in [0, 0.05) is 6.42 Å². The Kier molecular flexibility index (Phi) is 3.10. The number of nitrogens with zero attached hydrogens (tertiary/aromatic N) is 1. The van der Waals surface area contributed by atoms with Gasteiger partial charge in [-0.05, 0) is 49.1 Å². The highest BCUT2D eigenvalue weighted by Gasteiger charge is 2.39. The Morgan fingerprint density at radius 1 is 1.25 bits per heavy atom. The summed E-state index contributed by atoms with van der Waals surface area (Å²) in [5, 5.41) is 0.986. The third-order valence-electron chi connectivity index (χ3n) is 5.06. The summed E-state index contributed by atoms with van der Waals surface area (Å²) in [5.74, 6) is 2.84. The maximum atomic E-state index is 12.3. The van der Waals surface area contributed by atoms with Gasteiger partial charge >= 0.3 is 0 Å². The third kappa shape index (κ3) is 2.28. The summed E-state index contributed by atoms with van der Waals surface area (Å²) in [7, 11) is 0. The van der Waals surface area contributed by atoms with Crippen LogP contribution in [-0.2, 0) is 11.2 Å². The maximum absolute atomic E-state index is 12.3. The van der Waals surface area contributed by atoms with Crippen molar-refractivity contribution in [2.75, 3.05) is 0 Å². The average molecular weight is 285 g/mol. The molecule has 2 saturated carbocycles. The normalized spacial score (nSPS) is 28.3. The first-order chi connectivity index (χ1) is 9.78. The Morgan fingerprint density at radius 3 is 2.90 bits per heavy atom. The lowest BCUT2D eigenvalue weighted by Crippen LogP contribution is -2.16. The molecule has 1 heterocycles. The summed E-state index contributed by atoms with van der Waals surface area (Å²) in [4.78, 5) is 16.9. The summed E-state index contributed by atoms with van der Waals surface area (Å²) in [5.41, 5.74) is 1.03. The number of hydrogen-bond donors (Lipinski definition) is 0. The molecule has 2 nitrogen and oxygen atoms in total. The van der Waals surface area contributed by atoms with E-state index in [1.807, 2.05) is 18.2 Å². The predicted octanol–water partition coefficient (Wildman–Crippen LogP) is 4.23. The summed E-state index contributed by atoms with van der Waals surface area (Å²) in [6.45, 7) is 0. The van der Waals surface area contributed by atoms with Crippen LogP contribution in [-0.4, -0.2) is 10.8 Å². The van der Waals surface area contributed by atoms with Crippen molar-refractivity contribution in [3.05, 3.63) is 29.3 Å². The van der Waals surface area contributed by atoms with Gasteiger partial charge in [0.2, 0.25) is 0 Å². The van der Waals surface area contributed by atoms with Gasteiger partial charge in [0.05, 0.1) is 16.6 Å². The fourth-order valence-electron chi connectivity index (χ4n) is 4.16. The maximum Gasteiger partial charge on any atom is 0.139 e. The molecule has 0 spiro atoms. The van der Waals surface area contributed by atoms with Crippen LogP contribution >= 0.6 is 11.3 Å².